The van der Waals surface area contributed by atoms with E-state index in [9.17, 15) is 13.2 Å². The summed E-state index contributed by atoms with van der Waals surface area (Å²) in [6.07, 6.45) is -0.167. The molecule has 0 aliphatic heterocycles. The minimum atomic E-state index is -3.72. The van der Waals surface area contributed by atoms with E-state index in [4.69, 9.17) is 16.7 Å². The molecule has 0 amide bonds. The maximum atomic E-state index is 12.2. The number of aliphatic carboxylic acids is 1. The number of carbonyl (C=O) groups is 1. The number of benzene rings is 1. The largest absolute Gasteiger partial charge is 0.481 e. The van der Waals surface area contributed by atoms with Gasteiger partial charge in [0.05, 0.1) is 10.8 Å². The van der Waals surface area contributed by atoms with Gasteiger partial charge in [-0.25, -0.2) is 8.42 Å². The Kier molecular flexibility index (Phi) is 4.55. The van der Waals surface area contributed by atoms with Crippen molar-refractivity contribution >= 4 is 44.6 Å². The Balaban J connectivity index is 2.26. The predicted octanol–water partition coefficient (Wildman–Crippen LogP) is 3.14. The van der Waals surface area contributed by atoms with Crippen LogP contribution >= 0.6 is 22.9 Å². The summed E-state index contributed by atoms with van der Waals surface area (Å²) in [6.45, 7) is 1.73. The maximum Gasteiger partial charge on any atom is 0.307 e. The second kappa shape index (κ2) is 6.05. The molecule has 0 bridgehead atoms. The van der Waals surface area contributed by atoms with Crippen molar-refractivity contribution in [1.82, 2.24) is 0 Å². The van der Waals surface area contributed by atoms with Gasteiger partial charge in [-0.3, -0.25) is 9.52 Å². The van der Waals surface area contributed by atoms with E-state index >= 15 is 0 Å². The van der Waals surface area contributed by atoms with E-state index < -0.39 is 16.0 Å². The minimum absolute atomic E-state index is 0.119. The molecule has 0 aliphatic rings. The van der Waals surface area contributed by atoms with Crippen LogP contribution in [0.1, 0.15) is 11.1 Å². The summed E-state index contributed by atoms with van der Waals surface area (Å²) < 4.78 is 27.4. The lowest BCUT2D eigenvalue weighted by atomic mass is 10.1. The Morgan fingerprint density at radius 3 is 2.67 bits per heavy atom. The highest BCUT2D eigenvalue weighted by Crippen LogP contribution is 2.31. The van der Waals surface area contributed by atoms with Crippen molar-refractivity contribution in [3.8, 4) is 0 Å². The molecule has 0 spiro atoms. The zero-order chi connectivity index (χ0) is 15.6. The summed E-state index contributed by atoms with van der Waals surface area (Å²) in [5, 5.41) is 8.75. The van der Waals surface area contributed by atoms with Crippen molar-refractivity contribution in [2.75, 3.05) is 4.72 Å². The number of rotatable bonds is 5. The van der Waals surface area contributed by atoms with E-state index in [1.54, 1.807) is 25.1 Å². The Morgan fingerprint density at radius 2 is 2.10 bits per heavy atom. The first-order valence-electron chi connectivity index (χ1n) is 5.87. The summed E-state index contributed by atoms with van der Waals surface area (Å²) in [5.41, 5.74) is 1.53. The van der Waals surface area contributed by atoms with Gasteiger partial charge in [-0.2, -0.15) is 0 Å². The van der Waals surface area contributed by atoms with E-state index in [0.717, 1.165) is 11.3 Å². The molecule has 112 valence electrons. The normalized spacial score (nSPS) is 11.3. The number of thiophene rings is 1. The number of aryl methyl sites for hydroxylation is 1. The quantitative estimate of drug-likeness (QED) is 0.872. The highest BCUT2D eigenvalue weighted by molar-refractivity contribution is 7.94. The number of nitrogens with one attached hydrogen (secondary N) is 1. The molecule has 0 saturated carbocycles. The molecule has 5 nitrogen and oxygen atoms in total. The zero-order valence-corrected chi connectivity index (χ0v) is 13.3. The molecule has 1 aromatic carbocycles. The molecule has 2 aromatic rings. The lowest BCUT2D eigenvalue weighted by Crippen LogP contribution is -2.11. The zero-order valence-electron chi connectivity index (χ0n) is 11.0. The van der Waals surface area contributed by atoms with E-state index in [1.165, 1.54) is 12.1 Å². The van der Waals surface area contributed by atoms with Crippen molar-refractivity contribution in [3.05, 3.63) is 45.8 Å². The van der Waals surface area contributed by atoms with Crippen LogP contribution in [0.4, 0.5) is 5.69 Å². The van der Waals surface area contributed by atoms with Crippen molar-refractivity contribution < 1.29 is 18.3 Å². The van der Waals surface area contributed by atoms with Crippen molar-refractivity contribution in [1.29, 1.82) is 0 Å². The number of hydrogen-bond donors (Lipinski definition) is 2. The number of carboxylic acid groups (broad SMARTS) is 1. The molecule has 0 atom stereocenters. The molecule has 21 heavy (non-hydrogen) atoms. The Hall–Kier alpha value is -1.57. The maximum absolute atomic E-state index is 12.2. The Morgan fingerprint density at radius 1 is 1.38 bits per heavy atom. The van der Waals surface area contributed by atoms with Crippen LogP contribution in [-0.2, 0) is 21.2 Å². The van der Waals surface area contributed by atoms with Gasteiger partial charge < -0.3 is 5.11 Å². The topological polar surface area (TPSA) is 83.5 Å². The first-order valence-corrected chi connectivity index (χ1v) is 8.55. The third-order valence-electron chi connectivity index (χ3n) is 2.63. The van der Waals surface area contributed by atoms with Crippen LogP contribution in [0.2, 0.25) is 4.34 Å². The molecule has 0 radical (unpaired) electrons. The fourth-order valence-corrected chi connectivity index (χ4v) is 4.45. The third-order valence-corrected chi connectivity index (χ3v) is 6.04. The molecular formula is C13H12ClNO4S2. The van der Waals surface area contributed by atoms with Gasteiger partial charge in [0.2, 0.25) is 0 Å². The van der Waals surface area contributed by atoms with Crippen molar-refractivity contribution in [2.45, 2.75) is 17.6 Å². The average molecular weight is 346 g/mol. The molecule has 1 aromatic heterocycles. The standard InChI is InChI=1S/C13H12ClNO4S2/c1-8-5-12(20-13(8)14)21(18,19)15-10-4-2-3-9(6-10)7-11(16)17/h2-6,15H,7H2,1H3,(H,16,17). The second-order valence-electron chi connectivity index (χ2n) is 4.40. The SMILES string of the molecule is Cc1cc(S(=O)(=O)Nc2cccc(CC(=O)O)c2)sc1Cl. The fourth-order valence-electron chi connectivity index (χ4n) is 1.69. The minimum Gasteiger partial charge on any atom is -0.481 e. The lowest BCUT2D eigenvalue weighted by Gasteiger charge is -2.07. The van der Waals surface area contributed by atoms with Crippen molar-refractivity contribution in [3.63, 3.8) is 0 Å². The highest BCUT2D eigenvalue weighted by atomic mass is 35.5. The first kappa shape index (κ1) is 15.8. The summed E-state index contributed by atoms with van der Waals surface area (Å²) in [6, 6.07) is 7.77. The summed E-state index contributed by atoms with van der Waals surface area (Å²) in [5.74, 6) is -0.976. The van der Waals surface area contributed by atoms with Crippen LogP contribution in [-0.4, -0.2) is 19.5 Å². The number of halogens is 1. The lowest BCUT2D eigenvalue weighted by molar-refractivity contribution is -0.136. The van der Waals surface area contributed by atoms with Gasteiger partial charge in [-0.05, 0) is 36.2 Å². The van der Waals surface area contributed by atoms with E-state index in [1.807, 2.05) is 0 Å². The fraction of sp³-hybridized carbons (Fsp3) is 0.154. The van der Waals surface area contributed by atoms with Crippen LogP contribution in [0, 0.1) is 6.92 Å². The average Bonchev–Trinajstić information content (AvgIpc) is 2.69. The molecule has 0 saturated heterocycles. The monoisotopic (exact) mass is 345 g/mol. The Labute approximate surface area is 131 Å². The Bertz CT molecular complexity index is 764. The van der Waals surface area contributed by atoms with Crippen LogP contribution in [0.3, 0.4) is 0 Å². The van der Waals surface area contributed by atoms with Gasteiger partial charge in [0, 0.05) is 5.69 Å². The number of hydrogen-bond acceptors (Lipinski definition) is 4. The van der Waals surface area contributed by atoms with Crippen LogP contribution < -0.4 is 4.72 Å². The molecule has 2 N–H and O–H groups in total. The number of anilines is 1. The molecule has 8 heteroatoms. The van der Waals surface area contributed by atoms with Crippen molar-refractivity contribution in [2.24, 2.45) is 0 Å². The number of carboxylic acids is 1. The first-order chi connectivity index (χ1) is 9.78. The second-order valence-corrected chi connectivity index (χ2v) is 7.96. The molecule has 0 aliphatic carbocycles. The van der Waals surface area contributed by atoms with Gasteiger partial charge >= 0.3 is 5.97 Å². The molecule has 1 heterocycles. The van der Waals surface area contributed by atoms with Crippen LogP contribution in [0.25, 0.3) is 0 Å². The van der Waals surface area contributed by atoms with Crippen LogP contribution in [0.15, 0.2) is 34.5 Å². The van der Waals surface area contributed by atoms with E-state index in [2.05, 4.69) is 4.72 Å². The van der Waals surface area contributed by atoms with Gasteiger partial charge in [0.25, 0.3) is 10.0 Å². The van der Waals surface area contributed by atoms with E-state index in [-0.39, 0.29) is 10.6 Å². The molecule has 0 fully saturated rings. The van der Waals surface area contributed by atoms with E-state index in [0.29, 0.717) is 21.2 Å². The molecular weight excluding hydrogens is 334 g/mol. The molecule has 2 rings (SSSR count). The van der Waals surface area contributed by atoms with Crippen LogP contribution in [0.5, 0.6) is 0 Å². The van der Waals surface area contributed by atoms with Gasteiger partial charge in [0.1, 0.15) is 4.21 Å². The summed E-state index contributed by atoms with van der Waals surface area (Å²) >= 11 is 6.86. The molecule has 0 unspecified atom stereocenters. The van der Waals surface area contributed by atoms with Gasteiger partial charge in [-0.15, -0.1) is 11.3 Å². The predicted molar refractivity (Wildman–Crippen MR) is 82.7 cm³/mol. The summed E-state index contributed by atoms with van der Waals surface area (Å²) in [7, 11) is -3.72. The van der Waals surface area contributed by atoms with Gasteiger partial charge in [-0.1, -0.05) is 23.7 Å². The summed E-state index contributed by atoms with van der Waals surface area (Å²) in [4.78, 5) is 10.7. The smallest absolute Gasteiger partial charge is 0.307 e. The van der Waals surface area contributed by atoms with Gasteiger partial charge in [0.15, 0.2) is 0 Å². The highest BCUT2D eigenvalue weighted by Gasteiger charge is 2.18. The number of sulfonamides is 1. The third kappa shape index (κ3) is 3.96.